The molecule has 2 fully saturated rings. The first-order valence-electron chi connectivity index (χ1n) is 13.7. The maximum Gasteiger partial charge on any atom is 0.235 e. The van der Waals surface area contributed by atoms with E-state index < -0.39 is 15.8 Å². The van der Waals surface area contributed by atoms with Gasteiger partial charge in [-0.2, -0.15) is 0 Å². The quantitative estimate of drug-likeness (QED) is 0.460. The number of hydrogen-bond donors (Lipinski definition) is 1. The van der Waals surface area contributed by atoms with Gasteiger partial charge in [0, 0.05) is 31.7 Å². The molecule has 1 aliphatic carbocycles. The second-order valence-corrected chi connectivity index (χ2v) is 12.8. The summed E-state index contributed by atoms with van der Waals surface area (Å²) in [7, 11) is -3.63. The van der Waals surface area contributed by atoms with Crippen LogP contribution in [0.25, 0.3) is 0 Å². The van der Waals surface area contributed by atoms with Crippen LogP contribution in [0, 0.1) is 17.6 Å². The van der Waals surface area contributed by atoms with Gasteiger partial charge in [0.2, 0.25) is 15.9 Å². The van der Waals surface area contributed by atoms with Gasteiger partial charge in [0.15, 0.2) is 0 Å². The van der Waals surface area contributed by atoms with Crippen molar-refractivity contribution in [2.45, 2.75) is 70.4 Å². The Morgan fingerprint density at radius 1 is 1.00 bits per heavy atom. The number of hydrogen-bond acceptors (Lipinski definition) is 4. The fourth-order valence-electron chi connectivity index (χ4n) is 5.66. The van der Waals surface area contributed by atoms with Gasteiger partial charge in [-0.25, -0.2) is 17.2 Å². The Labute approximate surface area is 225 Å². The molecule has 1 atom stereocenters. The molecule has 1 aliphatic heterocycles. The number of amides is 1. The van der Waals surface area contributed by atoms with E-state index in [1.807, 2.05) is 6.92 Å². The van der Waals surface area contributed by atoms with Crippen molar-refractivity contribution >= 4 is 21.6 Å². The Bertz CT molecular complexity index is 1160. The van der Waals surface area contributed by atoms with Gasteiger partial charge in [-0.05, 0) is 74.4 Å². The molecule has 2 aliphatic rings. The summed E-state index contributed by atoms with van der Waals surface area (Å²) in [6.45, 7) is 3.71. The van der Waals surface area contributed by atoms with E-state index in [1.165, 1.54) is 28.6 Å². The minimum absolute atomic E-state index is 0.0424. The number of rotatable bonds is 10. The Hall–Kier alpha value is -2.52. The van der Waals surface area contributed by atoms with Crippen molar-refractivity contribution in [2.24, 2.45) is 5.92 Å². The van der Waals surface area contributed by atoms with Crippen LogP contribution in [0.3, 0.4) is 0 Å². The molecular formula is C29H39F2N3O3S. The van der Waals surface area contributed by atoms with E-state index in [0.29, 0.717) is 5.69 Å². The zero-order valence-electron chi connectivity index (χ0n) is 22.1. The number of piperidine rings is 1. The molecule has 0 radical (unpaired) electrons. The maximum absolute atomic E-state index is 14.1. The van der Waals surface area contributed by atoms with Crippen molar-refractivity contribution in [1.29, 1.82) is 0 Å². The van der Waals surface area contributed by atoms with Crippen LogP contribution in [0.15, 0.2) is 48.5 Å². The zero-order valence-corrected chi connectivity index (χ0v) is 22.9. The number of halogens is 2. The van der Waals surface area contributed by atoms with E-state index in [4.69, 9.17) is 0 Å². The molecule has 2 aromatic rings. The van der Waals surface area contributed by atoms with Crippen molar-refractivity contribution in [1.82, 2.24) is 10.2 Å². The summed E-state index contributed by atoms with van der Waals surface area (Å²) in [5.74, 6) is -0.625. The molecule has 0 spiro atoms. The minimum Gasteiger partial charge on any atom is -0.353 e. The van der Waals surface area contributed by atoms with Gasteiger partial charge < -0.3 is 5.32 Å². The highest BCUT2D eigenvalue weighted by Gasteiger charge is 2.31. The lowest BCUT2D eigenvalue weighted by molar-refractivity contribution is -0.121. The number of carbonyl (C=O) groups excluding carboxylic acids is 1. The SMILES string of the molecule is C[C@H](CN(c1cccc(F)c1)S(=O)(=O)CC1CCCCC1)N1CCC(NC(=O)Cc2ccc(F)cc2)CC1. The van der Waals surface area contributed by atoms with Crippen LogP contribution in [-0.4, -0.2) is 56.7 Å². The van der Waals surface area contributed by atoms with Crippen LogP contribution < -0.4 is 9.62 Å². The first-order chi connectivity index (χ1) is 18.2. The lowest BCUT2D eigenvalue weighted by Crippen LogP contribution is -2.51. The van der Waals surface area contributed by atoms with Gasteiger partial charge in [-0.1, -0.05) is 37.5 Å². The second-order valence-electron chi connectivity index (χ2n) is 10.8. The van der Waals surface area contributed by atoms with E-state index >= 15 is 0 Å². The average molecular weight is 548 g/mol. The summed E-state index contributed by atoms with van der Waals surface area (Å²) < 4.78 is 55.8. The van der Waals surface area contributed by atoms with Gasteiger partial charge in [0.25, 0.3) is 0 Å². The number of likely N-dealkylation sites (tertiary alicyclic amines) is 1. The molecule has 9 heteroatoms. The number of anilines is 1. The van der Waals surface area contributed by atoms with Gasteiger partial charge in [-0.3, -0.25) is 14.0 Å². The van der Waals surface area contributed by atoms with Crippen LogP contribution in [0.2, 0.25) is 0 Å². The molecule has 38 heavy (non-hydrogen) atoms. The standard InChI is InChI=1S/C29H39F2N3O3S/c1-22(33-16-14-27(15-17-33)32-29(35)18-23-10-12-25(30)13-11-23)20-34(28-9-5-8-26(31)19-28)38(36,37)21-24-6-3-2-4-7-24/h5,8-13,19,22,24,27H,2-4,6-7,14-18,20-21H2,1H3,(H,32,35)/t22-/m1/s1. The minimum atomic E-state index is -3.63. The number of carbonyl (C=O) groups is 1. The van der Waals surface area contributed by atoms with Crippen LogP contribution in [-0.2, 0) is 21.2 Å². The Morgan fingerprint density at radius 2 is 1.68 bits per heavy atom. The normalized spacial score (nSPS) is 18.7. The smallest absolute Gasteiger partial charge is 0.235 e. The first kappa shape index (κ1) is 28.5. The van der Waals surface area contributed by atoms with E-state index in [-0.39, 0.29) is 48.4 Å². The van der Waals surface area contributed by atoms with Crippen LogP contribution in [0.5, 0.6) is 0 Å². The monoisotopic (exact) mass is 547 g/mol. The summed E-state index contributed by atoms with van der Waals surface area (Å²) in [5.41, 5.74) is 1.14. The summed E-state index contributed by atoms with van der Waals surface area (Å²) in [5, 5.41) is 3.08. The fourth-order valence-corrected chi connectivity index (χ4v) is 7.65. The molecule has 0 unspecified atom stereocenters. The van der Waals surface area contributed by atoms with Crippen LogP contribution in [0.1, 0.15) is 57.4 Å². The highest BCUT2D eigenvalue weighted by Crippen LogP contribution is 2.29. The van der Waals surface area contributed by atoms with Gasteiger partial charge in [-0.15, -0.1) is 0 Å². The molecular weight excluding hydrogens is 508 g/mol. The third kappa shape index (κ3) is 7.99. The lowest BCUT2D eigenvalue weighted by atomic mass is 9.91. The van der Waals surface area contributed by atoms with Crippen molar-refractivity contribution in [3.8, 4) is 0 Å². The number of sulfonamides is 1. The molecule has 6 nitrogen and oxygen atoms in total. The number of benzene rings is 2. The van der Waals surface area contributed by atoms with E-state index in [1.54, 1.807) is 24.3 Å². The van der Waals surface area contributed by atoms with Crippen molar-refractivity contribution in [3.63, 3.8) is 0 Å². The number of nitrogens with zero attached hydrogens (tertiary/aromatic N) is 2. The molecule has 0 aromatic heterocycles. The van der Waals surface area contributed by atoms with Crippen molar-refractivity contribution < 1.29 is 22.0 Å². The van der Waals surface area contributed by atoms with Crippen molar-refractivity contribution in [3.05, 3.63) is 65.7 Å². The Morgan fingerprint density at radius 3 is 2.34 bits per heavy atom. The third-order valence-electron chi connectivity index (χ3n) is 7.83. The molecule has 1 saturated heterocycles. The van der Waals surface area contributed by atoms with Gasteiger partial charge >= 0.3 is 0 Å². The molecule has 0 bridgehead atoms. The molecule has 4 rings (SSSR count). The highest BCUT2D eigenvalue weighted by molar-refractivity contribution is 7.92. The predicted octanol–water partition coefficient (Wildman–Crippen LogP) is 4.89. The molecule has 1 N–H and O–H groups in total. The molecule has 2 aromatic carbocycles. The second kappa shape index (κ2) is 13.0. The van der Waals surface area contributed by atoms with Crippen molar-refractivity contribution in [2.75, 3.05) is 29.7 Å². The third-order valence-corrected chi connectivity index (χ3v) is 9.75. The molecule has 1 heterocycles. The maximum atomic E-state index is 14.1. The average Bonchev–Trinajstić information content (AvgIpc) is 2.89. The highest BCUT2D eigenvalue weighted by atomic mass is 32.2. The topological polar surface area (TPSA) is 69.7 Å². The van der Waals surface area contributed by atoms with E-state index in [2.05, 4.69) is 10.2 Å². The first-order valence-corrected chi connectivity index (χ1v) is 15.3. The van der Waals surface area contributed by atoms with Gasteiger partial charge in [0.1, 0.15) is 11.6 Å². The summed E-state index contributed by atoms with van der Waals surface area (Å²) in [4.78, 5) is 14.7. The zero-order chi connectivity index (χ0) is 27.1. The number of nitrogens with one attached hydrogen (secondary N) is 1. The molecule has 1 amide bonds. The van der Waals surface area contributed by atoms with Crippen LogP contribution >= 0.6 is 0 Å². The largest absolute Gasteiger partial charge is 0.353 e. The summed E-state index contributed by atoms with van der Waals surface area (Å²) >= 11 is 0. The van der Waals surface area contributed by atoms with Crippen LogP contribution in [0.4, 0.5) is 14.5 Å². The fraction of sp³-hybridized carbons (Fsp3) is 0.552. The Balaban J connectivity index is 1.34. The molecule has 1 saturated carbocycles. The molecule has 208 valence electrons. The Kier molecular flexibility index (Phi) is 9.76. The lowest BCUT2D eigenvalue weighted by Gasteiger charge is -2.39. The summed E-state index contributed by atoms with van der Waals surface area (Å²) in [6, 6.07) is 11.8. The predicted molar refractivity (Wildman–Crippen MR) is 146 cm³/mol. The summed E-state index contributed by atoms with van der Waals surface area (Å²) in [6.07, 6.45) is 6.85. The van der Waals surface area contributed by atoms with E-state index in [0.717, 1.165) is 63.6 Å². The van der Waals surface area contributed by atoms with E-state index in [9.17, 15) is 22.0 Å². The van der Waals surface area contributed by atoms with Gasteiger partial charge in [0.05, 0.1) is 17.9 Å².